The predicted octanol–water partition coefficient (Wildman–Crippen LogP) is 4.41. The van der Waals surface area contributed by atoms with Crippen LogP contribution in [-0.4, -0.2) is 0 Å². The Hall–Kier alpha value is -0.860. The summed E-state index contributed by atoms with van der Waals surface area (Å²) < 4.78 is 13.0. The quantitative estimate of drug-likeness (QED) is 0.698. The number of hydrogen-bond acceptors (Lipinski definition) is 1. The lowest BCUT2D eigenvalue weighted by molar-refractivity contribution is 0.625. The molecule has 0 nitrogen and oxygen atoms in total. The smallest absolute Gasteiger partial charge is 0.123 e. The molecule has 0 saturated carbocycles. The Bertz CT molecular complexity index is 425. The van der Waals surface area contributed by atoms with Gasteiger partial charge in [0.25, 0.3) is 0 Å². The monoisotopic (exact) mass is 240 g/mol. The molecule has 1 aromatic carbocycles. The lowest BCUT2D eigenvalue weighted by atomic mass is 10.1. The Labute approximate surface area is 97.3 Å². The topological polar surface area (TPSA) is 0 Å². The van der Waals surface area contributed by atoms with Gasteiger partial charge in [0.15, 0.2) is 0 Å². The van der Waals surface area contributed by atoms with E-state index in [2.05, 4.69) is 0 Å². The molecule has 15 heavy (non-hydrogen) atoms. The molecule has 0 aliphatic rings. The van der Waals surface area contributed by atoms with Gasteiger partial charge >= 0.3 is 0 Å². The Morgan fingerprint density at radius 2 is 2.13 bits per heavy atom. The first-order valence-corrected chi connectivity index (χ1v) is 5.99. The number of rotatable bonds is 3. The molecule has 0 aliphatic carbocycles. The zero-order valence-electron chi connectivity index (χ0n) is 7.99. The molecule has 2 aromatic rings. The molecule has 0 aliphatic heterocycles. The van der Waals surface area contributed by atoms with Crippen LogP contribution < -0.4 is 0 Å². The van der Waals surface area contributed by atoms with Crippen LogP contribution in [0.1, 0.15) is 15.8 Å². The lowest BCUT2D eigenvalue weighted by Crippen LogP contribution is -1.94. The van der Waals surface area contributed by atoms with Crippen molar-refractivity contribution in [2.75, 3.05) is 0 Å². The Morgan fingerprint density at radius 1 is 1.27 bits per heavy atom. The third-order valence-corrected chi connectivity index (χ3v) is 3.48. The predicted molar refractivity (Wildman–Crippen MR) is 63.0 cm³/mol. The normalized spacial score (nSPS) is 12.7. The van der Waals surface area contributed by atoms with Crippen LogP contribution in [0.25, 0.3) is 0 Å². The van der Waals surface area contributed by atoms with E-state index < -0.39 is 0 Å². The maximum atomic E-state index is 13.0. The minimum absolute atomic E-state index is 0.153. The van der Waals surface area contributed by atoms with Crippen molar-refractivity contribution in [1.82, 2.24) is 0 Å². The van der Waals surface area contributed by atoms with Crippen LogP contribution in [0, 0.1) is 5.82 Å². The highest BCUT2D eigenvalue weighted by atomic mass is 35.5. The van der Waals surface area contributed by atoms with Crippen molar-refractivity contribution in [1.29, 1.82) is 0 Å². The van der Waals surface area contributed by atoms with E-state index in [0.29, 0.717) is 0 Å². The molecule has 1 aromatic heterocycles. The van der Waals surface area contributed by atoms with E-state index in [-0.39, 0.29) is 11.2 Å². The van der Waals surface area contributed by atoms with Gasteiger partial charge in [-0.25, -0.2) is 4.39 Å². The van der Waals surface area contributed by atoms with E-state index >= 15 is 0 Å². The standard InChI is InChI=1S/C12H10ClFS/c13-12(8-11-5-2-6-15-11)9-3-1-4-10(14)7-9/h1-7,12H,8H2. The zero-order valence-corrected chi connectivity index (χ0v) is 9.56. The van der Waals surface area contributed by atoms with Crippen molar-refractivity contribution in [3.05, 3.63) is 58.0 Å². The molecule has 0 amide bonds. The highest BCUT2D eigenvalue weighted by Gasteiger charge is 2.09. The molecule has 3 heteroatoms. The fourth-order valence-corrected chi connectivity index (χ4v) is 2.57. The summed E-state index contributed by atoms with van der Waals surface area (Å²) in [7, 11) is 0. The van der Waals surface area contributed by atoms with Crippen molar-refractivity contribution in [2.24, 2.45) is 0 Å². The maximum Gasteiger partial charge on any atom is 0.123 e. The lowest BCUT2D eigenvalue weighted by Gasteiger charge is -2.08. The minimum atomic E-state index is -0.232. The first kappa shape index (κ1) is 10.7. The van der Waals surface area contributed by atoms with Crippen molar-refractivity contribution >= 4 is 22.9 Å². The summed E-state index contributed by atoms with van der Waals surface area (Å²) in [4.78, 5) is 1.22. The number of thiophene rings is 1. The Kier molecular flexibility index (Phi) is 3.39. The van der Waals surface area contributed by atoms with Crippen molar-refractivity contribution < 1.29 is 4.39 Å². The van der Waals surface area contributed by atoms with Gasteiger partial charge in [0.05, 0.1) is 5.38 Å². The van der Waals surface area contributed by atoms with Crippen LogP contribution in [0.5, 0.6) is 0 Å². The largest absolute Gasteiger partial charge is 0.207 e. The molecule has 0 saturated heterocycles. The maximum absolute atomic E-state index is 13.0. The first-order valence-electron chi connectivity index (χ1n) is 4.67. The summed E-state index contributed by atoms with van der Waals surface area (Å²) >= 11 is 7.88. The first-order chi connectivity index (χ1) is 7.25. The van der Waals surface area contributed by atoms with Crippen LogP contribution in [0.4, 0.5) is 4.39 Å². The van der Waals surface area contributed by atoms with Crippen molar-refractivity contribution in [3.63, 3.8) is 0 Å². The molecule has 0 N–H and O–H groups in total. The third kappa shape index (κ3) is 2.80. The average Bonchev–Trinajstić information content (AvgIpc) is 2.70. The molecule has 0 fully saturated rings. The average molecular weight is 241 g/mol. The van der Waals surface area contributed by atoms with Crippen molar-refractivity contribution in [3.8, 4) is 0 Å². The zero-order chi connectivity index (χ0) is 10.7. The summed E-state index contributed by atoms with van der Waals surface area (Å²) in [5, 5.41) is 1.86. The van der Waals surface area contributed by atoms with Crippen LogP contribution in [0.15, 0.2) is 41.8 Å². The van der Waals surface area contributed by atoms with Crippen molar-refractivity contribution in [2.45, 2.75) is 11.8 Å². The summed E-state index contributed by atoms with van der Waals surface area (Å²) in [6.07, 6.45) is 0.753. The Balaban J connectivity index is 2.11. The van der Waals surface area contributed by atoms with Gasteiger partial charge in [-0.3, -0.25) is 0 Å². The molecule has 1 atom stereocenters. The molecule has 2 rings (SSSR count). The number of halogens is 2. The highest BCUT2D eigenvalue weighted by molar-refractivity contribution is 7.09. The van der Waals surface area contributed by atoms with E-state index in [1.165, 1.54) is 17.0 Å². The van der Waals surface area contributed by atoms with Gasteiger partial charge in [0.1, 0.15) is 5.82 Å². The number of hydrogen-bond donors (Lipinski definition) is 0. The highest BCUT2D eigenvalue weighted by Crippen LogP contribution is 2.27. The van der Waals surface area contributed by atoms with Crippen LogP contribution >= 0.6 is 22.9 Å². The Morgan fingerprint density at radius 3 is 2.80 bits per heavy atom. The van der Waals surface area contributed by atoms with Crippen LogP contribution in [0.3, 0.4) is 0 Å². The summed E-state index contributed by atoms with van der Waals surface area (Å²) in [6, 6.07) is 10.5. The van der Waals surface area contributed by atoms with E-state index in [9.17, 15) is 4.39 Å². The third-order valence-electron chi connectivity index (χ3n) is 2.17. The van der Waals surface area contributed by atoms with E-state index in [1.54, 1.807) is 17.4 Å². The van der Waals surface area contributed by atoms with Gasteiger partial charge in [-0.2, -0.15) is 0 Å². The second kappa shape index (κ2) is 4.77. The minimum Gasteiger partial charge on any atom is -0.207 e. The van der Waals surface area contributed by atoms with E-state index in [1.807, 2.05) is 23.6 Å². The molecule has 78 valence electrons. The second-order valence-electron chi connectivity index (χ2n) is 3.31. The molecule has 0 bridgehead atoms. The SMILES string of the molecule is Fc1cccc(C(Cl)Cc2cccs2)c1. The molecular formula is C12H10ClFS. The molecular weight excluding hydrogens is 231 g/mol. The fraction of sp³-hybridized carbons (Fsp3) is 0.167. The molecule has 1 unspecified atom stereocenters. The molecule has 1 heterocycles. The molecule has 0 spiro atoms. The van der Waals surface area contributed by atoms with Gasteiger partial charge in [-0.15, -0.1) is 22.9 Å². The van der Waals surface area contributed by atoms with Gasteiger partial charge in [0, 0.05) is 11.3 Å². The summed E-state index contributed by atoms with van der Waals surface area (Å²) in [6.45, 7) is 0. The number of alkyl halides is 1. The number of benzene rings is 1. The van der Waals surface area contributed by atoms with Gasteiger partial charge < -0.3 is 0 Å². The van der Waals surface area contributed by atoms with Crippen LogP contribution in [-0.2, 0) is 6.42 Å². The van der Waals surface area contributed by atoms with Gasteiger partial charge in [-0.05, 0) is 29.1 Å². The van der Waals surface area contributed by atoms with E-state index in [0.717, 1.165) is 12.0 Å². The summed E-state index contributed by atoms with van der Waals surface area (Å²) in [5.74, 6) is -0.232. The second-order valence-corrected chi connectivity index (χ2v) is 4.87. The van der Waals surface area contributed by atoms with E-state index in [4.69, 9.17) is 11.6 Å². The van der Waals surface area contributed by atoms with Gasteiger partial charge in [-0.1, -0.05) is 18.2 Å². The van der Waals surface area contributed by atoms with Gasteiger partial charge in [0.2, 0.25) is 0 Å². The summed E-state index contributed by atoms with van der Waals surface area (Å²) in [5.41, 5.74) is 0.838. The molecule has 0 radical (unpaired) electrons. The van der Waals surface area contributed by atoms with Crippen LogP contribution in [0.2, 0.25) is 0 Å². The fourth-order valence-electron chi connectivity index (χ4n) is 1.42.